The Labute approximate surface area is 179 Å². The number of carbonyl (C=O) groups excluding carboxylic acids is 3. The number of rotatable bonds is 9. The monoisotopic (exact) mass is 435 g/mol. The van der Waals surface area contributed by atoms with Gasteiger partial charge in [-0.2, -0.15) is 0 Å². The molecule has 2 rings (SSSR count). The molecule has 0 aliphatic rings. The van der Waals surface area contributed by atoms with Crippen LogP contribution in [0.2, 0.25) is 0 Å². The second kappa shape index (κ2) is 10.6. The molecule has 0 unspecified atom stereocenters. The molecule has 1 N–H and O–H groups in total. The van der Waals surface area contributed by atoms with Gasteiger partial charge in [-0.1, -0.05) is 0 Å². The second-order valence-corrected chi connectivity index (χ2v) is 7.63. The van der Waals surface area contributed by atoms with Crippen LogP contribution in [-0.2, 0) is 25.5 Å². The van der Waals surface area contributed by atoms with E-state index in [0.717, 1.165) is 16.0 Å². The van der Waals surface area contributed by atoms with E-state index >= 15 is 0 Å². The normalized spacial score (nSPS) is 10.3. The molecule has 0 saturated carbocycles. The van der Waals surface area contributed by atoms with Crippen LogP contribution in [0.25, 0.3) is 0 Å². The number of carbonyl (C=O) groups is 3. The topological polar surface area (TPSA) is 100 Å². The highest BCUT2D eigenvalue weighted by molar-refractivity contribution is 7.16. The zero-order chi connectivity index (χ0) is 22.3. The number of esters is 2. The lowest BCUT2D eigenvalue weighted by Gasteiger charge is -2.09. The molecule has 0 atom stereocenters. The van der Waals surface area contributed by atoms with Crippen molar-refractivity contribution in [3.63, 3.8) is 0 Å². The first-order valence-electron chi connectivity index (χ1n) is 9.14. The minimum atomic E-state index is -0.530. The molecule has 1 amide bonds. The Morgan fingerprint density at radius 3 is 2.20 bits per heavy atom. The van der Waals surface area contributed by atoms with E-state index in [1.165, 1.54) is 18.4 Å². The smallest absolute Gasteiger partial charge is 0.341 e. The highest BCUT2D eigenvalue weighted by Gasteiger charge is 2.22. The molecule has 1 aromatic heterocycles. The molecule has 0 aliphatic carbocycles. The third kappa shape index (κ3) is 5.96. The molecule has 1 heterocycles. The molecule has 0 saturated heterocycles. The minimum Gasteiger partial charge on any atom is -0.497 e. The van der Waals surface area contributed by atoms with Gasteiger partial charge in [-0.05, 0) is 43.5 Å². The zero-order valence-electron chi connectivity index (χ0n) is 17.6. The molecule has 0 radical (unpaired) electrons. The van der Waals surface area contributed by atoms with E-state index in [2.05, 4.69) is 5.32 Å². The quantitative estimate of drug-likeness (QED) is 0.603. The summed E-state index contributed by atoms with van der Waals surface area (Å²) in [5.41, 5.74) is 1.90. The van der Waals surface area contributed by atoms with E-state index in [4.69, 9.17) is 18.9 Å². The van der Waals surface area contributed by atoms with Crippen molar-refractivity contribution in [1.82, 2.24) is 0 Å². The summed E-state index contributed by atoms with van der Waals surface area (Å²) in [5, 5.41) is 2.99. The third-order valence-electron chi connectivity index (χ3n) is 4.42. The second-order valence-electron chi connectivity index (χ2n) is 6.41. The number of methoxy groups -OCH3 is 3. The maximum atomic E-state index is 12.2. The van der Waals surface area contributed by atoms with Crippen LogP contribution < -0.4 is 14.8 Å². The Morgan fingerprint density at radius 1 is 1.00 bits per heavy atom. The number of amides is 1. The molecular formula is C21H25NO7S. The fourth-order valence-electron chi connectivity index (χ4n) is 2.70. The van der Waals surface area contributed by atoms with E-state index in [-0.39, 0.29) is 6.42 Å². The van der Waals surface area contributed by atoms with E-state index in [0.29, 0.717) is 28.5 Å². The van der Waals surface area contributed by atoms with Crippen LogP contribution in [0.15, 0.2) is 18.2 Å². The first kappa shape index (κ1) is 23.2. The van der Waals surface area contributed by atoms with Crippen LogP contribution in [-0.4, -0.2) is 45.8 Å². The van der Waals surface area contributed by atoms with Crippen molar-refractivity contribution >= 4 is 34.2 Å². The predicted octanol–water partition coefficient (Wildman–Crippen LogP) is 3.28. The van der Waals surface area contributed by atoms with Gasteiger partial charge in [0.1, 0.15) is 16.5 Å². The van der Waals surface area contributed by atoms with Gasteiger partial charge in [0.05, 0.1) is 26.9 Å². The number of anilines is 1. The number of benzene rings is 1. The maximum absolute atomic E-state index is 12.2. The van der Waals surface area contributed by atoms with Crippen molar-refractivity contribution < 1.29 is 33.3 Å². The van der Waals surface area contributed by atoms with Gasteiger partial charge in [0, 0.05) is 17.4 Å². The Hall–Kier alpha value is -3.07. The van der Waals surface area contributed by atoms with Crippen LogP contribution in [0.5, 0.6) is 11.5 Å². The lowest BCUT2D eigenvalue weighted by Crippen LogP contribution is -2.21. The van der Waals surface area contributed by atoms with Gasteiger partial charge in [0.2, 0.25) is 0 Å². The summed E-state index contributed by atoms with van der Waals surface area (Å²) < 4.78 is 20.2. The summed E-state index contributed by atoms with van der Waals surface area (Å²) in [4.78, 5) is 37.0. The number of hydrogen-bond donors (Lipinski definition) is 1. The van der Waals surface area contributed by atoms with Gasteiger partial charge >= 0.3 is 11.9 Å². The van der Waals surface area contributed by atoms with Gasteiger partial charge in [0.15, 0.2) is 6.61 Å². The van der Waals surface area contributed by atoms with Crippen LogP contribution in [0, 0.1) is 13.8 Å². The van der Waals surface area contributed by atoms with Crippen LogP contribution in [0.1, 0.15) is 32.8 Å². The SMILES string of the molecule is COC(=O)c1c(NC(=O)COC(=O)CCc2cc(OC)cc(OC)c2)sc(C)c1C. The predicted molar refractivity (Wildman–Crippen MR) is 113 cm³/mol. The van der Waals surface area contributed by atoms with Gasteiger partial charge in [-0.25, -0.2) is 4.79 Å². The summed E-state index contributed by atoms with van der Waals surface area (Å²) >= 11 is 1.26. The van der Waals surface area contributed by atoms with Crippen molar-refractivity contribution in [1.29, 1.82) is 0 Å². The Bertz CT molecular complexity index is 913. The Kier molecular flexibility index (Phi) is 8.23. The molecule has 162 valence electrons. The van der Waals surface area contributed by atoms with Crippen molar-refractivity contribution in [2.24, 2.45) is 0 Å². The van der Waals surface area contributed by atoms with Gasteiger partial charge in [0.25, 0.3) is 5.91 Å². The Balaban J connectivity index is 1.89. The molecule has 0 spiro atoms. The molecular weight excluding hydrogens is 410 g/mol. The number of aryl methyl sites for hydroxylation is 2. The molecule has 2 aromatic rings. The Morgan fingerprint density at radius 2 is 1.63 bits per heavy atom. The molecule has 9 heteroatoms. The summed E-state index contributed by atoms with van der Waals surface area (Å²) in [6.07, 6.45) is 0.498. The summed E-state index contributed by atoms with van der Waals surface area (Å²) in [7, 11) is 4.38. The van der Waals surface area contributed by atoms with E-state index in [9.17, 15) is 14.4 Å². The molecule has 30 heavy (non-hydrogen) atoms. The number of thiophene rings is 1. The summed E-state index contributed by atoms with van der Waals surface area (Å²) in [6.45, 7) is 3.17. The zero-order valence-corrected chi connectivity index (χ0v) is 18.4. The molecule has 8 nitrogen and oxygen atoms in total. The minimum absolute atomic E-state index is 0.0915. The van der Waals surface area contributed by atoms with E-state index < -0.39 is 24.5 Å². The summed E-state index contributed by atoms with van der Waals surface area (Å²) in [6, 6.07) is 5.35. The van der Waals surface area contributed by atoms with Crippen molar-refractivity contribution in [2.75, 3.05) is 33.3 Å². The molecule has 0 aliphatic heterocycles. The standard InChI is InChI=1S/C21H25NO7S/c1-12-13(2)30-20(19(12)21(25)28-5)22-17(23)11-29-18(24)7-6-14-8-15(26-3)10-16(9-14)27-4/h8-10H,6-7,11H2,1-5H3,(H,22,23). The fourth-order valence-corrected chi connectivity index (χ4v) is 3.77. The van der Waals surface area contributed by atoms with Gasteiger partial charge in [-0.15, -0.1) is 11.3 Å². The fraction of sp³-hybridized carbons (Fsp3) is 0.381. The first-order valence-corrected chi connectivity index (χ1v) is 9.96. The van der Waals surface area contributed by atoms with E-state index in [1.807, 2.05) is 6.92 Å². The third-order valence-corrected chi connectivity index (χ3v) is 5.54. The number of nitrogens with one attached hydrogen (secondary N) is 1. The number of ether oxygens (including phenoxy) is 4. The van der Waals surface area contributed by atoms with Crippen LogP contribution in [0.4, 0.5) is 5.00 Å². The first-order chi connectivity index (χ1) is 14.3. The van der Waals surface area contributed by atoms with Crippen molar-refractivity contribution in [2.45, 2.75) is 26.7 Å². The average Bonchev–Trinajstić information content (AvgIpc) is 3.02. The van der Waals surface area contributed by atoms with E-state index in [1.54, 1.807) is 39.3 Å². The van der Waals surface area contributed by atoms with Crippen molar-refractivity contribution in [3.05, 3.63) is 39.8 Å². The highest BCUT2D eigenvalue weighted by Crippen LogP contribution is 2.32. The van der Waals surface area contributed by atoms with Crippen molar-refractivity contribution in [3.8, 4) is 11.5 Å². The largest absolute Gasteiger partial charge is 0.497 e. The molecule has 1 aromatic carbocycles. The van der Waals surface area contributed by atoms with Gasteiger partial charge in [-0.3, -0.25) is 9.59 Å². The van der Waals surface area contributed by atoms with Gasteiger partial charge < -0.3 is 24.3 Å². The van der Waals surface area contributed by atoms with Crippen LogP contribution >= 0.6 is 11.3 Å². The summed E-state index contributed by atoms with van der Waals surface area (Å²) in [5.74, 6) is -0.325. The lowest BCUT2D eigenvalue weighted by atomic mass is 10.1. The number of hydrogen-bond acceptors (Lipinski definition) is 8. The highest BCUT2D eigenvalue weighted by atomic mass is 32.1. The maximum Gasteiger partial charge on any atom is 0.341 e. The molecule has 0 fully saturated rings. The molecule has 0 bridgehead atoms. The van der Waals surface area contributed by atoms with Crippen LogP contribution in [0.3, 0.4) is 0 Å². The average molecular weight is 435 g/mol. The lowest BCUT2D eigenvalue weighted by molar-refractivity contribution is -0.147.